The molecule has 1 rings (SSSR count). The molecule has 5 heteroatoms. The van der Waals surface area contributed by atoms with Gasteiger partial charge in [-0.15, -0.1) is 0 Å². The lowest BCUT2D eigenvalue weighted by Gasteiger charge is -2.25. The van der Waals surface area contributed by atoms with Gasteiger partial charge in [-0.2, -0.15) is 11.8 Å². The zero-order chi connectivity index (χ0) is 10.6. The Hall–Kier alpha value is -0.480. The maximum Gasteiger partial charge on any atom is 0.224 e. The molecule has 0 aliphatic carbocycles. The van der Waals surface area contributed by atoms with E-state index in [0.717, 1.165) is 11.6 Å². The Morgan fingerprint density at radius 1 is 1.64 bits per heavy atom. The lowest BCUT2D eigenvalue weighted by molar-refractivity contribution is 0.751. The zero-order valence-corrected chi connectivity index (χ0v) is 10.1. The summed E-state index contributed by atoms with van der Waals surface area (Å²) in [7, 11) is 2.01. The van der Waals surface area contributed by atoms with Crippen LogP contribution in [0.25, 0.3) is 0 Å². The minimum absolute atomic E-state index is 0.297. The molecule has 0 spiro atoms. The first-order valence-electron chi connectivity index (χ1n) is 4.35. The number of nitrogens with zero attached hydrogens (tertiary/aromatic N) is 3. The highest BCUT2D eigenvalue weighted by Gasteiger charge is 2.10. The molecule has 0 amide bonds. The standard InChI is InChI=1S/C9H14ClN3S/c1-7(6-14-3)13(2)8-4-5-11-9(10)12-8/h4-5,7H,6H2,1-3H3. The van der Waals surface area contributed by atoms with Crippen LogP contribution in [0.4, 0.5) is 5.82 Å². The van der Waals surface area contributed by atoms with E-state index in [1.165, 1.54) is 0 Å². The molecule has 0 aliphatic heterocycles. The Balaban J connectivity index is 2.73. The van der Waals surface area contributed by atoms with Gasteiger partial charge in [0.15, 0.2) is 0 Å². The van der Waals surface area contributed by atoms with Crippen molar-refractivity contribution in [3.63, 3.8) is 0 Å². The highest BCUT2D eigenvalue weighted by molar-refractivity contribution is 7.98. The van der Waals surface area contributed by atoms with Gasteiger partial charge in [-0.3, -0.25) is 0 Å². The van der Waals surface area contributed by atoms with Crippen molar-refractivity contribution < 1.29 is 0 Å². The van der Waals surface area contributed by atoms with E-state index in [9.17, 15) is 0 Å². The van der Waals surface area contributed by atoms with Gasteiger partial charge in [-0.25, -0.2) is 9.97 Å². The summed E-state index contributed by atoms with van der Waals surface area (Å²) in [5, 5.41) is 0.297. The summed E-state index contributed by atoms with van der Waals surface area (Å²) in [5.41, 5.74) is 0. The first kappa shape index (κ1) is 11.6. The first-order valence-corrected chi connectivity index (χ1v) is 6.12. The molecule has 14 heavy (non-hydrogen) atoms. The van der Waals surface area contributed by atoms with E-state index in [4.69, 9.17) is 11.6 Å². The number of hydrogen-bond donors (Lipinski definition) is 0. The fourth-order valence-electron chi connectivity index (χ4n) is 1.10. The molecule has 0 fully saturated rings. The summed E-state index contributed by atoms with van der Waals surface area (Å²) in [4.78, 5) is 10.1. The van der Waals surface area contributed by atoms with Crippen molar-refractivity contribution in [2.24, 2.45) is 0 Å². The van der Waals surface area contributed by atoms with Crippen LogP contribution in [0, 0.1) is 0 Å². The lowest BCUT2D eigenvalue weighted by Crippen LogP contribution is -2.31. The van der Waals surface area contributed by atoms with Crippen LogP contribution in [0.15, 0.2) is 12.3 Å². The van der Waals surface area contributed by atoms with Crippen LogP contribution in [0.3, 0.4) is 0 Å². The summed E-state index contributed by atoms with van der Waals surface area (Å²) in [6, 6.07) is 2.30. The normalized spacial score (nSPS) is 12.6. The smallest absolute Gasteiger partial charge is 0.224 e. The Bertz CT molecular complexity index is 295. The first-order chi connectivity index (χ1) is 6.65. The topological polar surface area (TPSA) is 29.0 Å². The number of thioether (sulfide) groups is 1. The maximum atomic E-state index is 5.72. The molecular weight excluding hydrogens is 218 g/mol. The van der Waals surface area contributed by atoms with Crippen LogP contribution in [0.2, 0.25) is 5.28 Å². The van der Waals surface area contributed by atoms with E-state index in [-0.39, 0.29) is 0 Å². The summed E-state index contributed by atoms with van der Waals surface area (Å²) in [6.07, 6.45) is 3.77. The molecule has 0 aliphatic rings. The molecular formula is C9H14ClN3S. The fourth-order valence-corrected chi connectivity index (χ4v) is 1.95. The second-order valence-electron chi connectivity index (χ2n) is 3.10. The highest BCUT2D eigenvalue weighted by atomic mass is 35.5. The molecule has 0 saturated carbocycles. The molecule has 0 radical (unpaired) electrons. The Morgan fingerprint density at radius 2 is 2.36 bits per heavy atom. The van der Waals surface area contributed by atoms with Crippen molar-refractivity contribution in [3.8, 4) is 0 Å². The van der Waals surface area contributed by atoms with E-state index in [1.54, 1.807) is 6.20 Å². The third-order valence-corrected chi connectivity index (χ3v) is 3.04. The van der Waals surface area contributed by atoms with Crippen molar-refractivity contribution in [2.45, 2.75) is 13.0 Å². The van der Waals surface area contributed by atoms with Crippen molar-refractivity contribution in [2.75, 3.05) is 24.0 Å². The zero-order valence-electron chi connectivity index (χ0n) is 8.57. The van der Waals surface area contributed by atoms with Gasteiger partial charge in [0.05, 0.1) is 0 Å². The third-order valence-electron chi connectivity index (χ3n) is 2.04. The van der Waals surface area contributed by atoms with Crippen LogP contribution >= 0.6 is 23.4 Å². The second kappa shape index (κ2) is 5.41. The number of aromatic nitrogens is 2. The SMILES string of the molecule is CSCC(C)N(C)c1ccnc(Cl)n1. The molecule has 3 nitrogen and oxygen atoms in total. The van der Waals surface area contributed by atoms with Crippen LogP contribution in [0.5, 0.6) is 0 Å². The predicted octanol–water partition coefficient (Wildman–Crippen LogP) is 2.32. The molecule has 1 aromatic rings. The Labute approximate surface area is 93.9 Å². The van der Waals surface area contributed by atoms with E-state index >= 15 is 0 Å². The van der Waals surface area contributed by atoms with Crippen molar-refractivity contribution in [1.82, 2.24) is 9.97 Å². The molecule has 0 aromatic carbocycles. The van der Waals surface area contributed by atoms with Gasteiger partial charge in [0.2, 0.25) is 5.28 Å². The fraction of sp³-hybridized carbons (Fsp3) is 0.556. The van der Waals surface area contributed by atoms with Gasteiger partial charge in [0, 0.05) is 25.0 Å². The van der Waals surface area contributed by atoms with Gasteiger partial charge in [-0.05, 0) is 30.8 Å². The van der Waals surface area contributed by atoms with Crippen LogP contribution < -0.4 is 4.90 Å². The average Bonchev–Trinajstić information content (AvgIpc) is 2.17. The van der Waals surface area contributed by atoms with Crippen LogP contribution in [-0.2, 0) is 0 Å². The van der Waals surface area contributed by atoms with Crippen LogP contribution in [-0.4, -0.2) is 35.1 Å². The molecule has 78 valence electrons. The number of hydrogen-bond acceptors (Lipinski definition) is 4. The van der Waals surface area contributed by atoms with Crippen LogP contribution in [0.1, 0.15) is 6.92 Å². The molecule has 0 saturated heterocycles. The molecule has 0 bridgehead atoms. The summed E-state index contributed by atoms with van der Waals surface area (Å²) in [5.74, 6) is 1.93. The van der Waals surface area contributed by atoms with Gasteiger partial charge in [0.25, 0.3) is 0 Å². The third kappa shape index (κ3) is 3.03. The van der Waals surface area contributed by atoms with E-state index in [1.807, 2.05) is 24.9 Å². The average molecular weight is 232 g/mol. The lowest BCUT2D eigenvalue weighted by atomic mass is 10.3. The molecule has 1 aromatic heterocycles. The number of halogens is 1. The van der Waals surface area contributed by atoms with Gasteiger partial charge in [0.1, 0.15) is 5.82 Å². The minimum Gasteiger partial charge on any atom is -0.356 e. The summed E-state index contributed by atoms with van der Waals surface area (Å²) >= 11 is 7.54. The molecule has 0 N–H and O–H groups in total. The molecule has 1 atom stereocenters. The van der Waals surface area contributed by atoms with Gasteiger partial charge in [-0.1, -0.05) is 0 Å². The maximum absolute atomic E-state index is 5.72. The predicted molar refractivity (Wildman–Crippen MR) is 63.3 cm³/mol. The molecule has 1 heterocycles. The van der Waals surface area contributed by atoms with E-state index in [0.29, 0.717) is 11.3 Å². The Kier molecular flexibility index (Phi) is 4.48. The van der Waals surface area contributed by atoms with Crippen molar-refractivity contribution >= 4 is 29.2 Å². The van der Waals surface area contributed by atoms with Gasteiger partial charge < -0.3 is 4.90 Å². The summed E-state index contributed by atoms with van der Waals surface area (Å²) < 4.78 is 0. The second-order valence-corrected chi connectivity index (χ2v) is 4.35. The van der Waals surface area contributed by atoms with Gasteiger partial charge >= 0.3 is 0 Å². The van der Waals surface area contributed by atoms with Crippen molar-refractivity contribution in [1.29, 1.82) is 0 Å². The van der Waals surface area contributed by atoms with Crippen molar-refractivity contribution in [3.05, 3.63) is 17.5 Å². The van der Waals surface area contributed by atoms with E-state index < -0.39 is 0 Å². The highest BCUT2D eigenvalue weighted by Crippen LogP contribution is 2.14. The quantitative estimate of drug-likeness (QED) is 0.744. The largest absolute Gasteiger partial charge is 0.356 e. The molecule has 1 unspecified atom stereocenters. The summed E-state index contributed by atoms with van der Waals surface area (Å²) in [6.45, 7) is 2.16. The number of anilines is 1. The Morgan fingerprint density at radius 3 is 2.93 bits per heavy atom. The van der Waals surface area contributed by atoms with E-state index in [2.05, 4.69) is 28.0 Å². The monoisotopic (exact) mass is 231 g/mol. The number of rotatable bonds is 4. The minimum atomic E-state index is 0.297.